The summed E-state index contributed by atoms with van der Waals surface area (Å²) in [4.78, 5) is 36.8. The molecule has 7 heteroatoms. The van der Waals surface area contributed by atoms with Gasteiger partial charge in [0, 0.05) is 22.9 Å². The Balaban J connectivity index is 1.85. The van der Waals surface area contributed by atoms with E-state index in [1.165, 1.54) is 0 Å². The molecule has 0 radical (unpaired) electrons. The molecule has 3 aromatic rings. The maximum absolute atomic E-state index is 12.8. The molecule has 2 N–H and O–H groups in total. The molecule has 0 saturated carbocycles. The van der Waals surface area contributed by atoms with E-state index >= 15 is 0 Å². The predicted molar refractivity (Wildman–Crippen MR) is 130 cm³/mol. The summed E-state index contributed by atoms with van der Waals surface area (Å²) in [5.41, 5.74) is 3.06. The van der Waals surface area contributed by atoms with Gasteiger partial charge >= 0.3 is 11.6 Å². The van der Waals surface area contributed by atoms with Gasteiger partial charge in [-0.05, 0) is 56.4 Å². The highest BCUT2D eigenvalue weighted by molar-refractivity contribution is 5.87. The highest BCUT2D eigenvalue weighted by atomic mass is 16.5. The number of fused-ring (bicyclic) bond motifs is 1. The molecule has 2 atom stereocenters. The molecule has 1 amide bonds. The summed E-state index contributed by atoms with van der Waals surface area (Å²) in [5, 5.41) is 12.7. The normalized spacial score (nSPS) is 13.0. The van der Waals surface area contributed by atoms with E-state index in [0.29, 0.717) is 35.3 Å². The summed E-state index contributed by atoms with van der Waals surface area (Å²) in [7, 11) is 0. The van der Waals surface area contributed by atoms with Crippen molar-refractivity contribution < 1.29 is 23.8 Å². The molecule has 0 unspecified atom stereocenters. The lowest BCUT2D eigenvalue weighted by molar-refractivity contribution is -0.143. The topological polar surface area (TPSA) is 106 Å². The third kappa shape index (κ3) is 5.65. The van der Waals surface area contributed by atoms with Crippen LogP contribution < -0.4 is 15.7 Å². The van der Waals surface area contributed by atoms with Crippen molar-refractivity contribution in [1.29, 1.82) is 0 Å². The molecule has 180 valence electrons. The number of carboxylic acids is 1. The number of amides is 1. The minimum atomic E-state index is -1.08. The number of hydrogen-bond donors (Lipinski definition) is 2. The van der Waals surface area contributed by atoms with Crippen LogP contribution in [0.15, 0.2) is 51.7 Å². The van der Waals surface area contributed by atoms with Gasteiger partial charge in [-0.1, -0.05) is 44.2 Å². The number of carbonyl (C=O) groups is 2. The monoisotopic (exact) mass is 465 g/mol. The van der Waals surface area contributed by atoms with Crippen LogP contribution in [0.2, 0.25) is 0 Å². The lowest BCUT2D eigenvalue weighted by Crippen LogP contribution is -2.46. The number of hydrogen-bond acceptors (Lipinski definition) is 5. The van der Waals surface area contributed by atoms with Crippen LogP contribution in [0.25, 0.3) is 11.0 Å². The highest BCUT2D eigenvalue weighted by Gasteiger charge is 2.25. The van der Waals surface area contributed by atoms with Crippen molar-refractivity contribution in [3.8, 4) is 5.75 Å². The zero-order chi connectivity index (χ0) is 25.0. The van der Waals surface area contributed by atoms with Gasteiger partial charge in [-0.3, -0.25) is 4.79 Å². The Morgan fingerprint density at radius 3 is 2.32 bits per heavy atom. The van der Waals surface area contributed by atoms with Crippen molar-refractivity contribution >= 4 is 22.8 Å². The molecule has 0 saturated heterocycles. The summed E-state index contributed by atoms with van der Waals surface area (Å²) in [6.45, 7) is 9.00. The molecule has 34 heavy (non-hydrogen) atoms. The van der Waals surface area contributed by atoms with Crippen LogP contribution in [0.1, 0.15) is 49.4 Å². The van der Waals surface area contributed by atoms with Gasteiger partial charge in [0.05, 0.1) is 0 Å². The number of nitrogens with one attached hydrogen (secondary N) is 1. The molecule has 0 fully saturated rings. The van der Waals surface area contributed by atoms with Crippen molar-refractivity contribution in [3.05, 3.63) is 75.1 Å². The fraction of sp³-hybridized carbons (Fsp3) is 0.370. The first-order valence-electron chi connectivity index (χ1n) is 11.4. The first-order chi connectivity index (χ1) is 16.1. The molecule has 0 aliphatic rings. The number of ether oxygens (including phenoxy) is 1. The quantitative estimate of drug-likeness (QED) is 0.454. The molecule has 7 nitrogen and oxygen atoms in total. The van der Waals surface area contributed by atoms with E-state index in [1.54, 1.807) is 19.9 Å². The van der Waals surface area contributed by atoms with E-state index in [4.69, 9.17) is 9.15 Å². The van der Waals surface area contributed by atoms with Gasteiger partial charge in [0.1, 0.15) is 17.4 Å². The molecule has 3 rings (SSSR count). The summed E-state index contributed by atoms with van der Waals surface area (Å²) >= 11 is 0. The Labute approximate surface area is 198 Å². The number of rotatable bonds is 9. The van der Waals surface area contributed by atoms with Gasteiger partial charge in [0.2, 0.25) is 0 Å². The summed E-state index contributed by atoms with van der Waals surface area (Å²) in [6.07, 6.45) is -0.144. The predicted octanol–water partition coefficient (Wildman–Crippen LogP) is 4.38. The van der Waals surface area contributed by atoms with Crippen molar-refractivity contribution in [3.63, 3.8) is 0 Å². The maximum Gasteiger partial charge on any atom is 0.340 e. The minimum Gasteiger partial charge on any atom is -0.480 e. The van der Waals surface area contributed by atoms with Crippen LogP contribution in [-0.4, -0.2) is 29.1 Å². The van der Waals surface area contributed by atoms with Gasteiger partial charge in [0.25, 0.3) is 5.91 Å². The third-order valence-corrected chi connectivity index (χ3v) is 5.87. The van der Waals surface area contributed by atoms with Crippen molar-refractivity contribution in [2.75, 3.05) is 0 Å². The first kappa shape index (κ1) is 25.0. The largest absolute Gasteiger partial charge is 0.480 e. The molecule has 1 heterocycles. The van der Waals surface area contributed by atoms with Crippen molar-refractivity contribution in [2.45, 2.75) is 59.6 Å². The Morgan fingerprint density at radius 1 is 1.03 bits per heavy atom. The molecule has 0 bridgehead atoms. The second-order valence-corrected chi connectivity index (χ2v) is 9.01. The molecule has 0 aliphatic heterocycles. The zero-order valence-electron chi connectivity index (χ0n) is 20.2. The molecule has 0 aliphatic carbocycles. The second-order valence-electron chi connectivity index (χ2n) is 9.01. The SMILES string of the molecule is Cc1c(Cc2ccccc2)c(=O)oc2c(C)c(O[C@H](C)C(=O)N[C@@H](CC(C)C)C(=O)O)ccc12. The van der Waals surface area contributed by atoms with Crippen LogP contribution in [0.4, 0.5) is 0 Å². The van der Waals surface area contributed by atoms with E-state index in [0.717, 1.165) is 16.5 Å². The molecular weight excluding hydrogens is 434 g/mol. The lowest BCUT2D eigenvalue weighted by atomic mass is 9.98. The Hall–Kier alpha value is -3.61. The van der Waals surface area contributed by atoms with Gasteiger partial charge in [0.15, 0.2) is 6.10 Å². The van der Waals surface area contributed by atoms with Crippen LogP contribution in [0.5, 0.6) is 5.75 Å². The smallest absolute Gasteiger partial charge is 0.340 e. The fourth-order valence-corrected chi connectivity index (χ4v) is 3.93. The lowest BCUT2D eigenvalue weighted by Gasteiger charge is -2.21. The van der Waals surface area contributed by atoms with Gasteiger partial charge < -0.3 is 19.6 Å². The van der Waals surface area contributed by atoms with Gasteiger partial charge in [-0.2, -0.15) is 0 Å². The molecule has 2 aromatic carbocycles. The third-order valence-electron chi connectivity index (χ3n) is 5.87. The van der Waals surface area contributed by atoms with E-state index in [-0.39, 0.29) is 5.92 Å². The number of carbonyl (C=O) groups excluding carboxylic acids is 1. The zero-order valence-corrected chi connectivity index (χ0v) is 20.2. The first-order valence-corrected chi connectivity index (χ1v) is 11.4. The van der Waals surface area contributed by atoms with E-state index < -0.39 is 29.6 Å². The van der Waals surface area contributed by atoms with Crippen molar-refractivity contribution in [1.82, 2.24) is 5.32 Å². The molecule has 1 aromatic heterocycles. The Kier molecular flexibility index (Phi) is 7.76. The van der Waals surface area contributed by atoms with Crippen LogP contribution >= 0.6 is 0 Å². The standard InChI is InChI=1S/C27H31NO6/c1-15(2)13-22(26(30)31)28-25(29)18(5)33-23-12-11-20-16(3)21(14-19-9-7-6-8-10-19)27(32)34-24(20)17(23)4/h6-12,15,18,22H,13-14H2,1-5H3,(H,28,29)(H,30,31)/t18-,22+/m1/s1. The van der Waals surface area contributed by atoms with Crippen molar-refractivity contribution in [2.24, 2.45) is 5.92 Å². The summed E-state index contributed by atoms with van der Waals surface area (Å²) in [5.74, 6) is -1.11. The highest BCUT2D eigenvalue weighted by Crippen LogP contribution is 2.30. The Bertz CT molecular complexity index is 1250. The van der Waals surface area contributed by atoms with Crippen LogP contribution in [-0.2, 0) is 16.0 Å². The maximum atomic E-state index is 12.8. The molecular formula is C27H31NO6. The fourth-order valence-electron chi connectivity index (χ4n) is 3.93. The average Bonchev–Trinajstić information content (AvgIpc) is 2.78. The van der Waals surface area contributed by atoms with Gasteiger partial charge in [-0.15, -0.1) is 0 Å². The van der Waals surface area contributed by atoms with Gasteiger partial charge in [-0.25, -0.2) is 9.59 Å². The minimum absolute atomic E-state index is 0.110. The number of benzene rings is 2. The summed E-state index contributed by atoms with van der Waals surface area (Å²) in [6, 6.07) is 12.3. The van der Waals surface area contributed by atoms with E-state index in [1.807, 2.05) is 57.2 Å². The number of carboxylic acid groups (broad SMARTS) is 1. The van der Waals surface area contributed by atoms with E-state index in [9.17, 15) is 19.5 Å². The second kappa shape index (κ2) is 10.5. The summed E-state index contributed by atoms with van der Waals surface area (Å²) < 4.78 is 11.5. The number of aryl methyl sites for hydroxylation is 2. The van der Waals surface area contributed by atoms with E-state index in [2.05, 4.69) is 5.32 Å². The van der Waals surface area contributed by atoms with Crippen LogP contribution in [0, 0.1) is 19.8 Å². The van der Waals surface area contributed by atoms with Crippen LogP contribution in [0.3, 0.4) is 0 Å². The molecule has 0 spiro atoms. The number of aliphatic carboxylic acids is 1. The average molecular weight is 466 g/mol. The Morgan fingerprint density at radius 2 is 1.71 bits per heavy atom.